The Hall–Kier alpha value is -2.37. The van der Waals surface area contributed by atoms with Crippen LogP contribution in [0.2, 0.25) is 0 Å². The molecule has 5 heteroatoms. The molecule has 1 unspecified atom stereocenters. The van der Waals surface area contributed by atoms with E-state index in [4.69, 9.17) is 4.74 Å². The number of likely N-dealkylation sites (tertiary alicyclic amines) is 1. The molecule has 2 aromatic rings. The van der Waals surface area contributed by atoms with Crippen molar-refractivity contribution in [3.8, 4) is 5.75 Å². The maximum Gasteiger partial charge on any atom is 0.234 e. The molecule has 1 atom stereocenters. The summed E-state index contributed by atoms with van der Waals surface area (Å²) in [6.07, 6.45) is 1.38. The minimum atomic E-state index is -0.420. The van der Waals surface area contributed by atoms with Gasteiger partial charge in [0.15, 0.2) is 0 Å². The largest absolute Gasteiger partial charge is 0.492 e. The first-order valence-corrected chi connectivity index (χ1v) is 10.0. The number of rotatable bonds is 8. The average molecular weight is 383 g/mol. The number of aliphatic hydroxyl groups is 1. The van der Waals surface area contributed by atoms with Crippen molar-refractivity contribution < 1.29 is 14.6 Å². The summed E-state index contributed by atoms with van der Waals surface area (Å²) in [5, 5.41) is 13.5. The number of carbonyl (C=O) groups is 1. The molecule has 3 rings (SSSR count). The molecule has 0 aliphatic carbocycles. The second-order valence-corrected chi connectivity index (χ2v) is 7.48. The van der Waals surface area contributed by atoms with Crippen LogP contribution in [0.4, 0.5) is 0 Å². The van der Waals surface area contributed by atoms with E-state index in [1.54, 1.807) is 0 Å². The number of nitrogens with zero attached hydrogens (tertiary/aromatic N) is 1. The number of aryl methyl sites for hydroxylation is 1. The van der Waals surface area contributed by atoms with Gasteiger partial charge in [0.1, 0.15) is 12.4 Å². The molecule has 0 saturated carbocycles. The van der Waals surface area contributed by atoms with Crippen molar-refractivity contribution >= 4 is 5.91 Å². The minimum Gasteiger partial charge on any atom is -0.492 e. The smallest absolute Gasteiger partial charge is 0.234 e. The molecule has 1 amide bonds. The maximum absolute atomic E-state index is 12.2. The van der Waals surface area contributed by atoms with Gasteiger partial charge in [0, 0.05) is 0 Å². The van der Waals surface area contributed by atoms with Gasteiger partial charge < -0.3 is 15.2 Å². The fraction of sp³-hybridized carbons (Fsp3) is 0.435. The van der Waals surface area contributed by atoms with E-state index >= 15 is 0 Å². The first-order valence-electron chi connectivity index (χ1n) is 10.0. The van der Waals surface area contributed by atoms with Crippen molar-refractivity contribution in [3.63, 3.8) is 0 Å². The van der Waals surface area contributed by atoms with Gasteiger partial charge in [0.25, 0.3) is 0 Å². The van der Waals surface area contributed by atoms with Gasteiger partial charge in [-0.2, -0.15) is 0 Å². The van der Waals surface area contributed by atoms with E-state index in [-0.39, 0.29) is 11.8 Å². The van der Waals surface area contributed by atoms with Crippen molar-refractivity contribution in [2.45, 2.75) is 25.9 Å². The van der Waals surface area contributed by atoms with E-state index in [1.807, 2.05) is 61.5 Å². The molecule has 150 valence electrons. The quantitative estimate of drug-likeness (QED) is 0.689. The van der Waals surface area contributed by atoms with E-state index in [9.17, 15) is 9.90 Å². The van der Waals surface area contributed by atoms with E-state index in [0.717, 1.165) is 42.8 Å². The molecule has 0 bridgehead atoms. The van der Waals surface area contributed by atoms with Crippen molar-refractivity contribution in [1.82, 2.24) is 10.2 Å². The highest BCUT2D eigenvalue weighted by Gasteiger charge is 2.26. The van der Waals surface area contributed by atoms with Crippen molar-refractivity contribution in [2.24, 2.45) is 5.92 Å². The summed E-state index contributed by atoms with van der Waals surface area (Å²) in [7, 11) is 0. The predicted molar refractivity (Wildman–Crippen MR) is 110 cm³/mol. The van der Waals surface area contributed by atoms with Gasteiger partial charge in [-0.25, -0.2) is 0 Å². The molecule has 0 radical (unpaired) electrons. The lowest BCUT2D eigenvalue weighted by atomic mass is 9.87. The van der Waals surface area contributed by atoms with E-state index < -0.39 is 6.10 Å². The first-order chi connectivity index (χ1) is 13.6. The topological polar surface area (TPSA) is 61.8 Å². The Kier molecular flexibility index (Phi) is 7.46. The van der Waals surface area contributed by atoms with Crippen LogP contribution in [-0.2, 0) is 4.79 Å². The van der Waals surface area contributed by atoms with Gasteiger partial charge in [-0.1, -0.05) is 42.5 Å². The third kappa shape index (κ3) is 6.08. The summed E-state index contributed by atoms with van der Waals surface area (Å²) < 4.78 is 5.65. The lowest BCUT2D eigenvalue weighted by Crippen LogP contribution is -2.43. The SMILES string of the molecule is Cc1cccc(OCCNC(=O)CN2CCC(C(O)c3ccccc3)CC2)c1. The zero-order valence-electron chi connectivity index (χ0n) is 16.5. The molecule has 5 nitrogen and oxygen atoms in total. The lowest BCUT2D eigenvalue weighted by molar-refractivity contribution is -0.122. The molecule has 2 aromatic carbocycles. The molecule has 1 heterocycles. The minimum absolute atomic E-state index is 0.0231. The fourth-order valence-corrected chi connectivity index (χ4v) is 3.67. The van der Waals surface area contributed by atoms with E-state index in [2.05, 4.69) is 10.2 Å². The van der Waals surface area contributed by atoms with Gasteiger partial charge >= 0.3 is 0 Å². The van der Waals surface area contributed by atoms with Crippen LogP contribution in [0.3, 0.4) is 0 Å². The summed E-state index contributed by atoms with van der Waals surface area (Å²) in [5.41, 5.74) is 2.13. The van der Waals surface area contributed by atoms with Crippen molar-refractivity contribution in [2.75, 3.05) is 32.8 Å². The zero-order valence-corrected chi connectivity index (χ0v) is 16.5. The number of amides is 1. The number of ether oxygens (including phenoxy) is 1. The van der Waals surface area contributed by atoms with Crippen LogP contribution in [0.15, 0.2) is 54.6 Å². The molecule has 0 aromatic heterocycles. The lowest BCUT2D eigenvalue weighted by Gasteiger charge is -2.34. The van der Waals surface area contributed by atoms with Crippen LogP contribution >= 0.6 is 0 Å². The Morgan fingerprint density at radius 2 is 1.93 bits per heavy atom. The molecule has 2 N–H and O–H groups in total. The normalized spacial score (nSPS) is 16.5. The van der Waals surface area contributed by atoms with Crippen LogP contribution < -0.4 is 10.1 Å². The van der Waals surface area contributed by atoms with Crippen LogP contribution in [0.1, 0.15) is 30.1 Å². The molecule has 1 saturated heterocycles. The standard InChI is InChI=1S/C23H30N2O3/c1-18-6-5-9-21(16-18)28-15-12-24-22(26)17-25-13-10-20(11-14-25)23(27)19-7-3-2-4-8-19/h2-9,16,20,23,27H,10-15,17H2,1H3,(H,24,26). The highest BCUT2D eigenvalue weighted by Crippen LogP contribution is 2.30. The van der Waals surface area contributed by atoms with Gasteiger partial charge in [0.05, 0.1) is 19.2 Å². The van der Waals surface area contributed by atoms with Gasteiger partial charge in [0.2, 0.25) is 5.91 Å². The van der Waals surface area contributed by atoms with E-state index in [1.165, 1.54) is 0 Å². The first kappa shape index (κ1) is 20.4. The van der Waals surface area contributed by atoms with Crippen LogP contribution in [0.25, 0.3) is 0 Å². The predicted octanol–water partition coefficient (Wildman–Crippen LogP) is 2.94. The highest BCUT2D eigenvalue weighted by molar-refractivity contribution is 5.78. The summed E-state index contributed by atoms with van der Waals surface area (Å²) in [5.74, 6) is 1.10. The number of carbonyl (C=O) groups excluding carboxylic acids is 1. The molecular weight excluding hydrogens is 352 g/mol. The Balaban J connectivity index is 1.32. The van der Waals surface area contributed by atoms with Crippen molar-refractivity contribution in [3.05, 3.63) is 65.7 Å². The summed E-state index contributed by atoms with van der Waals surface area (Å²) in [6.45, 7) is 5.05. The second kappa shape index (κ2) is 10.2. The molecule has 1 aliphatic rings. The van der Waals surface area contributed by atoms with Crippen molar-refractivity contribution in [1.29, 1.82) is 0 Å². The second-order valence-electron chi connectivity index (χ2n) is 7.48. The number of hydrogen-bond acceptors (Lipinski definition) is 4. The summed E-state index contributed by atoms with van der Waals surface area (Å²) >= 11 is 0. The van der Waals surface area contributed by atoms with Gasteiger partial charge in [-0.3, -0.25) is 9.69 Å². The average Bonchev–Trinajstić information content (AvgIpc) is 2.72. The van der Waals surface area contributed by atoms with Crippen LogP contribution in [0.5, 0.6) is 5.75 Å². The Morgan fingerprint density at radius 1 is 1.18 bits per heavy atom. The number of benzene rings is 2. The van der Waals surface area contributed by atoms with Gasteiger partial charge in [-0.05, 0) is 62.0 Å². The Bertz CT molecular complexity index is 743. The third-order valence-electron chi connectivity index (χ3n) is 5.27. The summed E-state index contributed by atoms with van der Waals surface area (Å²) in [4.78, 5) is 14.3. The molecule has 1 fully saturated rings. The maximum atomic E-state index is 12.2. The zero-order chi connectivity index (χ0) is 19.8. The highest BCUT2D eigenvalue weighted by atomic mass is 16.5. The Morgan fingerprint density at radius 3 is 2.64 bits per heavy atom. The van der Waals surface area contributed by atoms with Crippen LogP contribution in [-0.4, -0.2) is 48.7 Å². The fourth-order valence-electron chi connectivity index (χ4n) is 3.67. The van der Waals surface area contributed by atoms with Crippen LogP contribution in [0, 0.1) is 12.8 Å². The number of piperidine rings is 1. The number of aliphatic hydroxyl groups excluding tert-OH is 1. The number of nitrogens with one attached hydrogen (secondary N) is 1. The molecule has 0 spiro atoms. The van der Waals surface area contributed by atoms with Gasteiger partial charge in [-0.15, -0.1) is 0 Å². The van der Waals surface area contributed by atoms with E-state index in [0.29, 0.717) is 19.7 Å². The third-order valence-corrected chi connectivity index (χ3v) is 5.27. The molecule has 28 heavy (non-hydrogen) atoms. The Labute approximate surface area is 167 Å². The summed E-state index contributed by atoms with van der Waals surface area (Å²) in [6, 6.07) is 17.7. The number of hydrogen-bond donors (Lipinski definition) is 2. The molecular formula is C23H30N2O3. The molecule has 1 aliphatic heterocycles. The monoisotopic (exact) mass is 382 g/mol.